The van der Waals surface area contributed by atoms with Gasteiger partial charge in [-0.3, -0.25) is 0 Å². The highest BCUT2D eigenvalue weighted by Crippen LogP contribution is 2.48. The lowest BCUT2D eigenvalue weighted by Gasteiger charge is -2.41. The van der Waals surface area contributed by atoms with E-state index in [0.29, 0.717) is 11.4 Å². The van der Waals surface area contributed by atoms with E-state index in [0.717, 1.165) is 36.5 Å². The molecule has 28 heavy (non-hydrogen) atoms. The Morgan fingerprint density at radius 1 is 1.18 bits per heavy atom. The summed E-state index contributed by atoms with van der Waals surface area (Å²) in [4.78, 5) is 0. The number of rotatable bonds is 4. The van der Waals surface area contributed by atoms with E-state index in [-0.39, 0.29) is 17.1 Å². The normalized spacial score (nSPS) is 21.2. The van der Waals surface area contributed by atoms with Gasteiger partial charge in [-0.25, -0.2) is 0 Å². The van der Waals surface area contributed by atoms with Crippen molar-refractivity contribution in [3.8, 4) is 0 Å². The average Bonchev–Trinajstić information content (AvgIpc) is 2.97. The summed E-state index contributed by atoms with van der Waals surface area (Å²) in [6.45, 7) is 0. The van der Waals surface area contributed by atoms with Gasteiger partial charge in [0.1, 0.15) is 17.4 Å². The zero-order valence-electron chi connectivity index (χ0n) is 15.2. The van der Waals surface area contributed by atoms with Crippen LogP contribution in [0.2, 0.25) is 5.02 Å². The highest BCUT2D eigenvalue weighted by molar-refractivity contribution is 6.30. The lowest BCUT2D eigenvalue weighted by Crippen LogP contribution is -2.38. The molecular weight excluding hydrogens is 391 g/mol. The quantitative estimate of drug-likeness (QED) is 0.678. The highest BCUT2D eigenvalue weighted by Gasteiger charge is 2.44. The molecule has 1 unspecified atom stereocenters. The van der Waals surface area contributed by atoms with Crippen LogP contribution in [0.1, 0.15) is 48.8 Å². The van der Waals surface area contributed by atoms with Gasteiger partial charge in [0, 0.05) is 18.0 Å². The van der Waals surface area contributed by atoms with Crippen molar-refractivity contribution in [2.75, 3.05) is 0 Å². The number of allylic oxidation sites excluding steroid dienone is 3. The minimum Gasteiger partial charge on any atom is -0.406 e. The predicted octanol–water partition coefficient (Wildman–Crippen LogP) is 5.40. The van der Waals surface area contributed by atoms with E-state index in [2.05, 4.69) is 14.9 Å². The Balaban J connectivity index is 1.59. The molecule has 8 heteroatoms. The van der Waals surface area contributed by atoms with Gasteiger partial charge in [0.05, 0.1) is 5.41 Å². The van der Waals surface area contributed by atoms with Crippen molar-refractivity contribution in [1.29, 1.82) is 0 Å². The Morgan fingerprint density at radius 3 is 2.43 bits per heavy atom. The van der Waals surface area contributed by atoms with Gasteiger partial charge in [-0.05, 0) is 49.1 Å². The molecule has 4 nitrogen and oxygen atoms in total. The fourth-order valence-electron chi connectivity index (χ4n) is 4.02. The minimum atomic E-state index is -4.68. The van der Waals surface area contributed by atoms with Crippen molar-refractivity contribution in [2.24, 2.45) is 7.05 Å². The third-order valence-corrected chi connectivity index (χ3v) is 5.82. The molecule has 2 aromatic rings. The van der Waals surface area contributed by atoms with Gasteiger partial charge in [-0.1, -0.05) is 36.2 Å². The number of nitrogens with zero attached hydrogens (tertiary/aromatic N) is 3. The molecule has 1 atom stereocenters. The van der Waals surface area contributed by atoms with E-state index >= 15 is 0 Å². The van der Waals surface area contributed by atoms with Crippen LogP contribution in [-0.2, 0) is 17.2 Å². The van der Waals surface area contributed by atoms with Gasteiger partial charge < -0.3 is 9.30 Å². The fraction of sp³-hybridized carbons (Fsp3) is 0.400. The molecule has 0 aliphatic heterocycles. The molecule has 1 saturated carbocycles. The number of aromatic nitrogens is 3. The van der Waals surface area contributed by atoms with Crippen molar-refractivity contribution in [3.63, 3.8) is 0 Å². The standard InChI is InChI=1S/C20H19ClF3N3O/c1-27-17(13-3-9-16(10-4-13)28-20(22,23)24)25-26-18(27)19(11-2-12-19)14-5-7-15(21)8-6-14/h3,5-10,13H,2,4,11-12H2,1H3. The van der Waals surface area contributed by atoms with Crippen LogP contribution in [0, 0.1) is 0 Å². The minimum absolute atomic E-state index is 0.144. The third-order valence-electron chi connectivity index (χ3n) is 5.57. The summed E-state index contributed by atoms with van der Waals surface area (Å²) in [6.07, 6.45) is 3.21. The summed E-state index contributed by atoms with van der Waals surface area (Å²) in [5.74, 6) is 1.27. The summed E-state index contributed by atoms with van der Waals surface area (Å²) in [6, 6.07) is 7.82. The first-order valence-corrected chi connectivity index (χ1v) is 9.46. The molecule has 1 aromatic carbocycles. The highest BCUT2D eigenvalue weighted by atomic mass is 35.5. The van der Waals surface area contributed by atoms with Crippen molar-refractivity contribution in [1.82, 2.24) is 14.8 Å². The molecule has 0 N–H and O–H groups in total. The van der Waals surface area contributed by atoms with Gasteiger partial charge in [-0.2, -0.15) is 0 Å². The molecule has 2 aliphatic carbocycles. The Bertz CT molecular complexity index is 927. The van der Waals surface area contributed by atoms with Crippen LogP contribution in [0.3, 0.4) is 0 Å². The summed E-state index contributed by atoms with van der Waals surface area (Å²) < 4.78 is 43.0. The van der Waals surface area contributed by atoms with Crippen LogP contribution in [0.15, 0.2) is 48.3 Å². The molecule has 1 heterocycles. The fourth-order valence-corrected chi connectivity index (χ4v) is 4.15. The molecule has 0 saturated heterocycles. The molecule has 0 radical (unpaired) electrons. The van der Waals surface area contributed by atoms with E-state index in [4.69, 9.17) is 11.6 Å². The number of halogens is 4. The van der Waals surface area contributed by atoms with Gasteiger partial charge in [0.15, 0.2) is 0 Å². The van der Waals surface area contributed by atoms with Crippen LogP contribution in [0.4, 0.5) is 13.2 Å². The first kappa shape index (κ1) is 19.1. The molecule has 4 rings (SSSR count). The first-order valence-electron chi connectivity index (χ1n) is 9.08. The van der Waals surface area contributed by atoms with Crippen LogP contribution >= 0.6 is 11.6 Å². The SMILES string of the molecule is Cn1c(C2C=CC(OC(F)(F)F)=CC2)nnc1C1(c2ccc(Cl)cc2)CCC1. The van der Waals surface area contributed by atoms with Gasteiger partial charge >= 0.3 is 6.36 Å². The first-order chi connectivity index (χ1) is 13.3. The van der Waals surface area contributed by atoms with Crippen molar-refractivity contribution in [3.05, 3.63) is 70.5 Å². The largest absolute Gasteiger partial charge is 0.573 e. The number of alkyl halides is 3. The van der Waals surface area contributed by atoms with E-state index in [1.807, 2.05) is 35.9 Å². The monoisotopic (exact) mass is 409 g/mol. The Kier molecular flexibility index (Phi) is 4.73. The van der Waals surface area contributed by atoms with Crippen molar-refractivity contribution < 1.29 is 17.9 Å². The second-order valence-electron chi connectivity index (χ2n) is 7.24. The zero-order valence-corrected chi connectivity index (χ0v) is 16.0. The zero-order chi connectivity index (χ0) is 19.9. The van der Waals surface area contributed by atoms with Crippen LogP contribution in [-0.4, -0.2) is 21.1 Å². The maximum atomic E-state index is 12.4. The molecule has 0 spiro atoms. The number of ether oxygens (including phenoxy) is 1. The van der Waals surface area contributed by atoms with Crippen molar-refractivity contribution in [2.45, 2.75) is 43.4 Å². The molecular formula is C20H19ClF3N3O. The van der Waals surface area contributed by atoms with Gasteiger partial charge in [-0.15, -0.1) is 23.4 Å². The lowest BCUT2D eigenvalue weighted by atomic mass is 9.64. The topological polar surface area (TPSA) is 39.9 Å². The number of hydrogen-bond acceptors (Lipinski definition) is 3. The maximum Gasteiger partial charge on any atom is 0.573 e. The number of hydrogen-bond donors (Lipinski definition) is 0. The van der Waals surface area contributed by atoms with Crippen LogP contribution in [0.25, 0.3) is 0 Å². The molecule has 0 amide bonds. The summed E-state index contributed by atoms with van der Waals surface area (Å²) in [5.41, 5.74) is 0.966. The molecule has 1 fully saturated rings. The third kappa shape index (κ3) is 3.43. The Morgan fingerprint density at radius 2 is 1.89 bits per heavy atom. The summed E-state index contributed by atoms with van der Waals surface area (Å²) in [7, 11) is 1.92. The maximum absolute atomic E-state index is 12.4. The molecule has 2 aliphatic rings. The second-order valence-corrected chi connectivity index (χ2v) is 7.68. The van der Waals surface area contributed by atoms with Gasteiger partial charge in [0.25, 0.3) is 0 Å². The Labute approximate surface area is 165 Å². The summed E-state index contributed by atoms with van der Waals surface area (Å²) >= 11 is 6.03. The average molecular weight is 410 g/mol. The molecule has 0 bridgehead atoms. The molecule has 148 valence electrons. The van der Waals surface area contributed by atoms with E-state index in [1.54, 1.807) is 6.08 Å². The Hall–Kier alpha value is -2.28. The second kappa shape index (κ2) is 6.95. The number of benzene rings is 1. The van der Waals surface area contributed by atoms with Crippen LogP contribution < -0.4 is 0 Å². The smallest absolute Gasteiger partial charge is 0.406 e. The van der Waals surface area contributed by atoms with Crippen LogP contribution in [0.5, 0.6) is 0 Å². The van der Waals surface area contributed by atoms with E-state index < -0.39 is 6.36 Å². The summed E-state index contributed by atoms with van der Waals surface area (Å²) in [5, 5.41) is 9.54. The van der Waals surface area contributed by atoms with E-state index in [1.165, 1.54) is 12.2 Å². The predicted molar refractivity (Wildman–Crippen MR) is 98.8 cm³/mol. The van der Waals surface area contributed by atoms with Gasteiger partial charge in [0.2, 0.25) is 0 Å². The van der Waals surface area contributed by atoms with E-state index in [9.17, 15) is 13.2 Å². The van der Waals surface area contributed by atoms with Crippen molar-refractivity contribution >= 4 is 11.6 Å². The lowest BCUT2D eigenvalue weighted by molar-refractivity contribution is -0.303. The molecule has 1 aromatic heterocycles.